The highest BCUT2D eigenvalue weighted by Gasteiger charge is 2.15. The Labute approximate surface area is 211 Å². The van der Waals surface area contributed by atoms with E-state index in [9.17, 15) is 20.2 Å². The first-order valence-corrected chi connectivity index (χ1v) is 11.3. The minimum absolute atomic E-state index is 0.177. The summed E-state index contributed by atoms with van der Waals surface area (Å²) < 4.78 is 7.29. The number of nitro groups is 1. The van der Waals surface area contributed by atoms with Crippen LogP contribution in [0, 0.1) is 21.4 Å². The zero-order valence-corrected chi connectivity index (χ0v) is 20.6. The van der Waals surface area contributed by atoms with Crippen LogP contribution in [-0.4, -0.2) is 10.8 Å². The maximum atomic E-state index is 12.7. The van der Waals surface area contributed by atoms with Crippen LogP contribution in [-0.2, 0) is 11.4 Å². The van der Waals surface area contributed by atoms with Gasteiger partial charge in [0.15, 0.2) is 0 Å². The van der Waals surface area contributed by atoms with Crippen LogP contribution >= 0.6 is 43.5 Å². The van der Waals surface area contributed by atoms with Crippen LogP contribution in [0.5, 0.6) is 5.75 Å². The van der Waals surface area contributed by atoms with E-state index >= 15 is 0 Å². The molecule has 0 aliphatic carbocycles. The lowest BCUT2D eigenvalue weighted by Crippen LogP contribution is -2.13. The lowest BCUT2D eigenvalue weighted by Gasteiger charge is -2.13. The minimum Gasteiger partial charge on any atom is -0.487 e. The van der Waals surface area contributed by atoms with Crippen LogP contribution in [0.4, 0.5) is 11.4 Å². The van der Waals surface area contributed by atoms with E-state index in [1.54, 1.807) is 24.3 Å². The normalized spacial score (nSPS) is 10.9. The van der Waals surface area contributed by atoms with Crippen molar-refractivity contribution >= 4 is 66.8 Å². The van der Waals surface area contributed by atoms with Crippen molar-refractivity contribution in [2.24, 2.45) is 0 Å². The highest BCUT2D eigenvalue weighted by molar-refractivity contribution is 9.11. The SMILES string of the molecule is N#C/C(=C\c1cc(Br)cc(Br)c1OCc1ccc(Cl)cc1)C(=O)Nc1cccc([N+](=O)[O-])c1. The number of amides is 1. The number of benzene rings is 3. The summed E-state index contributed by atoms with van der Waals surface area (Å²) in [5.74, 6) is -0.276. The van der Waals surface area contributed by atoms with Crippen molar-refractivity contribution in [2.75, 3.05) is 5.32 Å². The average Bonchev–Trinajstić information content (AvgIpc) is 2.78. The third kappa shape index (κ3) is 6.65. The first-order chi connectivity index (χ1) is 15.8. The molecule has 166 valence electrons. The van der Waals surface area contributed by atoms with Crippen molar-refractivity contribution in [3.63, 3.8) is 0 Å². The number of hydrogen-bond acceptors (Lipinski definition) is 5. The van der Waals surface area contributed by atoms with Gasteiger partial charge in [0.25, 0.3) is 11.6 Å². The molecular formula is C23H14Br2ClN3O4. The van der Waals surface area contributed by atoms with Gasteiger partial charge in [-0.05, 0) is 57.9 Å². The Balaban J connectivity index is 1.88. The molecule has 0 bridgehead atoms. The predicted octanol–water partition coefficient (Wildman–Crippen LogP) is 6.90. The number of ether oxygens (including phenoxy) is 1. The Morgan fingerprint density at radius 2 is 1.91 bits per heavy atom. The van der Waals surface area contributed by atoms with Crippen molar-refractivity contribution in [1.29, 1.82) is 5.26 Å². The maximum absolute atomic E-state index is 12.7. The van der Waals surface area contributed by atoms with E-state index in [0.29, 0.717) is 25.3 Å². The van der Waals surface area contributed by atoms with E-state index in [0.717, 1.165) is 5.56 Å². The minimum atomic E-state index is -0.710. The number of nitrogens with zero attached hydrogens (tertiary/aromatic N) is 2. The molecule has 0 aromatic heterocycles. The zero-order valence-electron chi connectivity index (χ0n) is 16.7. The van der Waals surface area contributed by atoms with Gasteiger partial charge in [-0.25, -0.2) is 0 Å². The van der Waals surface area contributed by atoms with E-state index in [1.807, 2.05) is 18.2 Å². The summed E-state index contributed by atoms with van der Waals surface area (Å²) in [7, 11) is 0. The second-order valence-corrected chi connectivity index (χ2v) is 8.86. The first-order valence-electron chi connectivity index (χ1n) is 9.30. The smallest absolute Gasteiger partial charge is 0.271 e. The maximum Gasteiger partial charge on any atom is 0.271 e. The summed E-state index contributed by atoms with van der Waals surface area (Å²) in [6.45, 7) is 0.236. The quantitative estimate of drug-likeness (QED) is 0.139. The molecule has 10 heteroatoms. The van der Waals surface area contributed by atoms with Gasteiger partial charge in [0.1, 0.15) is 24.0 Å². The van der Waals surface area contributed by atoms with Crippen molar-refractivity contribution in [1.82, 2.24) is 0 Å². The van der Waals surface area contributed by atoms with Gasteiger partial charge in [-0.15, -0.1) is 0 Å². The van der Waals surface area contributed by atoms with E-state index < -0.39 is 10.8 Å². The molecular weight excluding hydrogens is 578 g/mol. The molecule has 0 spiro atoms. The molecule has 1 N–H and O–H groups in total. The van der Waals surface area contributed by atoms with Crippen LogP contribution in [0.25, 0.3) is 6.08 Å². The Morgan fingerprint density at radius 1 is 1.18 bits per heavy atom. The molecule has 33 heavy (non-hydrogen) atoms. The van der Waals surface area contributed by atoms with E-state index in [-0.39, 0.29) is 23.6 Å². The van der Waals surface area contributed by atoms with Gasteiger partial charge < -0.3 is 10.1 Å². The molecule has 0 saturated carbocycles. The second kappa shape index (κ2) is 11.1. The molecule has 0 radical (unpaired) electrons. The Morgan fingerprint density at radius 3 is 2.58 bits per heavy atom. The number of nitriles is 1. The fourth-order valence-corrected chi connectivity index (χ4v) is 4.27. The molecule has 3 aromatic rings. The van der Waals surface area contributed by atoms with Gasteiger partial charge in [-0.3, -0.25) is 14.9 Å². The fraction of sp³-hybridized carbons (Fsp3) is 0.0435. The Bertz CT molecular complexity index is 1290. The molecule has 0 unspecified atom stereocenters. The van der Waals surface area contributed by atoms with Crippen molar-refractivity contribution < 1.29 is 14.5 Å². The number of anilines is 1. The van der Waals surface area contributed by atoms with Gasteiger partial charge in [0, 0.05) is 32.9 Å². The number of halogens is 3. The molecule has 0 saturated heterocycles. The largest absolute Gasteiger partial charge is 0.487 e. The van der Waals surface area contributed by atoms with E-state index in [1.165, 1.54) is 30.3 Å². The second-order valence-electron chi connectivity index (χ2n) is 6.65. The van der Waals surface area contributed by atoms with Crippen LogP contribution in [0.1, 0.15) is 11.1 Å². The predicted molar refractivity (Wildman–Crippen MR) is 133 cm³/mol. The highest BCUT2D eigenvalue weighted by Crippen LogP contribution is 2.35. The molecule has 3 rings (SSSR count). The third-order valence-electron chi connectivity index (χ3n) is 4.31. The number of carbonyl (C=O) groups is 1. The Hall–Kier alpha value is -3.19. The highest BCUT2D eigenvalue weighted by atomic mass is 79.9. The van der Waals surface area contributed by atoms with Crippen LogP contribution in [0.15, 0.2) is 75.2 Å². The van der Waals surface area contributed by atoms with Crippen molar-refractivity contribution in [3.05, 3.63) is 101 Å². The summed E-state index contributed by atoms with van der Waals surface area (Å²) in [5.41, 5.74) is 1.18. The van der Waals surface area contributed by atoms with Crippen molar-refractivity contribution in [2.45, 2.75) is 6.61 Å². The van der Waals surface area contributed by atoms with Gasteiger partial charge in [0.2, 0.25) is 0 Å². The molecule has 1 amide bonds. The summed E-state index contributed by atoms with van der Waals surface area (Å²) in [5, 5.41) is 23.7. The molecule has 0 atom stereocenters. The molecule has 0 fully saturated rings. The fourth-order valence-electron chi connectivity index (χ4n) is 2.78. The van der Waals surface area contributed by atoms with Crippen LogP contribution < -0.4 is 10.1 Å². The molecule has 0 heterocycles. The van der Waals surface area contributed by atoms with Crippen LogP contribution in [0.3, 0.4) is 0 Å². The van der Waals surface area contributed by atoms with Crippen LogP contribution in [0.2, 0.25) is 5.02 Å². The number of nitrogens with one attached hydrogen (secondary N) is 1. The number of hydrogen-bond donors (Lipinski definition) is 1. The molecule has 0 aliphatic rings. The average molecular weight is 592 g/mol. The number of rotatable bonds is 7. The lowest BCUT2D eigenvalue weighted by molar-refractivity contribution is -0.384. The topological polar surface area (TPSA) is 105 Å². The molecule has 3 aromatic carbocycles. The monoisotopic (exact) mass is 589 g/mol. The van der Waals surface area contributed by atoms with Gasteiger partial charge in [0.05, 0.1) is 9.40 Å². The van der Waals surface area contributed by atoms with E-state index in [4.69, 9.17) is 16.3 Å². The van der Waals surface area contributed by atoms with Gasteiger partial charge >= 0.3 is 0 Å². The van der Waals surface area contributed by atoms with Gasteiger partial charge in [-0.1, -0.05) is 45.7 Å². The standard InChI is InChI=1S/C23H14Br2ClN3O4/c24-17-9-15(22(21(25)10-17)33-13-14-4-6-18(26)7-5-14)8-16(12-27)23(30)28-19-2-1-3-20(11-19)29(31)32/h1-11H,13H2,(H,28,30)/b16-8+. The summed E-state index contributed by atoms with van der Waals surface area (Å²) in [6.07, 6.45) is 1.39. The lowest BCUT2D eigenvalue weighted by atomic mass is 10.1. The zero-order chi connectivity index (χ0) is 24.0. The Kier molecular flexibility index (Phi) is 8.22. The third-order valence-corrected chi connectivity index (χ3v) is 5.61. The summed E-state index contributed by atoms with van der Waals surface area (Å²) in [4.78, 5) is 23.1. The summed E-state index contributed by atoms with van der Waals surface area (Å²) in [6, 6.07) is 18.0. The summed E-state index contributed by atoms with van der Waals surface area (Å²) >= 11 is 12.8. The molecule has 0 aliphatic heterocycles. The van der Waals surface area contributed by atoms with E-state index in [2.05, 4.69) is 37.2 Å². The first kappa shape index (κ1) is 24.5. The van der Waals surface area contributed by atoms with Crippen molar-refractivity contribution in [3.8, 4) is 11.8 Å². The number of non-ortho nitro benzene ring substituents is 1. The van der Waals surface area contributed by atoms with Gasteiger partial charge in [-0.2, -0.15) is 5.26 Å². The number of carbonyl (C=O) groups excluding carboxylic acids is 1. The molecule has 7 nitrogen and oxygen atoms in total. The number of nitro benzene ring substituents is 1.